The van der Waals surface area contributed by atoms with E-state index in [1.807, 2.05) is 0 Å². The summed E-state index contributed by atoms with van der Waals surface area (Å²) in [5.41, 5.74) is 0.438. The zero-order valence-corrected chi connectivity index (χ0v) is 8.23. The first-order chi connectivity index (χ1) is 6.58. The van der Waals surface area contributed by atoms with Crippen LogP contribution in [0.2, 0.25) is 0 Å². The zero-order chi connectivity index (χ0) is 10.6. The molecule has 0 amide bonds. The third kappa shape index (κ3) is 3.02. The predicted octanol–water partition coefficient (Wildman–Crippen LogP) is 2.33. The van der Waals surface area contributed by atoms with Gasteiger partial charge < -0.3 is 4.84 Å². The molecule has 0 aliphatic heterocycles. The molecule has 0 N–H and O–H groups in total. The van der Waals surface area contributed by atoms with E-state index >= 15 is 0 Å². The molecule has 0 fully saturated rings. The van der Waals surface area contributed by atoms with Gasteiger partial charge in [0.2, 0.25) is 0 Å². The molecule has 0 spiro atoms. The Kier molecular flexibility index (Phi) is 3.14. The normalized spacial score (nSPS) is 15.6. The summed E-state index contributed by atoms with van der Waals surface area (Å²) in [6.07, 6.45) is -1.68. The average molecular weight is 247 g/mol. The van der Waals surface area contributed by atoms with Crippen LogP contribution in [0.4, 0.5) is 0 Å². The van der Waals surface area contributed by atoms with Crippen LogP contribution in [0.5, 0.6) is 0 Å². The summed E-state index contributed by atoms with van der Waals surface area (Å²) in [5.74, 6) is 0. The van der Waals surface area contributed by atoms with Gasteiger partial charge in [0, 0.05) is 5.33 Å². The number of hydrogen-bond acceptors (Lipinski definition) is 3. The monoisotopic (exact) mass is 246 g/mol. The maximum absolute atomic E-state index is 10.2. The van der Waals surface area contributed by atoms with Gasteiger partial charge >= 0.3 is 0 Å². The molecule has 0 heterocycles. The maximum Gasteiger partial charge on any atom is 0.295 e. The Morgan fingerprint density at radius 1 is 1.62 bits per heavy atom. The highest BCUT2D eigenvalue weighted by Gasteiger charge is 2.13. The molecule has 5 heteroatoms. The second kappa shape index (κ2) is 4.81. The summed E-state index contributed by atoms with van der Waals surface area (Å²) in [7, 11) is 0. The molecule has 1 aromatic rings. The number of hydrogen-bond donors (Lipinski definition) is 0. The molecule has 13 heavy (non-hydrogen) atoms. The van der Waals surface area contributed by atoms with Crippen LogP contribution >= 0.6 is 15.9 Å². The molecule has 70 valence electrons. The minimum Gasteiger partial charge on any atom is -0.305 e. The SMILES string of the molecule is [2H]C(CBr)(O[N+](=O)[O-])c1ccccc1. The lowest BCUT2D eigenvalue weighted by Gasteiger charge is -2.11. The van der Waals surface area contributed by atoms with Crippen molar-refractivity contribution in [3.63, 3.8) is 0 Å². The molecule has 0 aromatic heterocycles. The second-order valence-corrected chi connectivity index (χ2v) is 2.80. The molecule has 0 bridgehead atoms. The first kappa shape index (κ1) is 8.50. The number of benzene rings is 1. The van der Waals surface area contributed by atoms with Crippen LogP contribution in [0.3, 0.4) is 0 Å². The third-order valence-electron chi connectivity index (χ3n) is 1.40. The molecule has 0 aliphatic rings. The fraction of sp³-hybridized carbons (Fsp3) is 0.250. The van der Waals surface area contributed by atoms with Gasteiger partial charge in [-0.2, -0.15) is 0 Å². The number of halogens is 1. The van der Waals surface area contributed by atoms with E-state index in [9.17, 15) is 10.1 Å². The van der Waals surface area contributed by atoms with Crippen molar-refractivity contribution in [2.75, 3.05) is 5.33 Å². The first-order valence-electron chi connectivity index (χ1n) is 4.03. The number of rotatable bonds is 4. The van der Waals surface area contributed by atoms with Crippen LogP contribution < -0.4 is 0 Å². The lowest BCUT2D eigenvalue weighted by molar-refractivity contribution is -0.769. The molecule has 0 aliphatic carbocycles. The van der Waals surface area contributed by atoms with E-state index in [4.69, 9.17) is 1.37 Å². The summed E-state index contributed by atoms with van der Waals surface area (Å²) in [6, 6.07) is 8.38. The third-order valence-corrected chi connectivity index (χ3v) is 1.91. The van der Waals surface area contributed by atoms with Gasteiger partial charge in [0.1, 0.15) is 6.08 Å². The van der Waals surface area contributed by atoms with Crippen LogP contribution in [0.1, 0.15) is 13.0 Å². The Morgan fingerprint density at radius 3 is 2.69 bits per heavy atom. The standard InChI is InChI=1S/C8H8BrNO3/c9-6-8(13-10(11)12)7-4-2-1-3-5-7/h1-5,8H,6H2/i8D. The van der Waals surface area contributed by atoms with Gasteiger partial charge in [-0.3, -0.25) is 0 Å². The minimum absolute atomic E-state index is 0.0327. The van der Waals surface area contributed by atoms with E-state index in [0.717, 1.165) is 0 Å². The number of nitrogens with zero attached hydrogens (tertiary/aromatic N) is 1. The number of alkyl halides is 1. The lowest BCUT2D eigenvalue weighted by atomic mass is 10.1. The van der Waals surface area contributed by atoms with Crippen LogP contribution in [0, 0.1) is 10.1 Å². The van der Waals surface area contributed by atoms with Crippen molar-refractivity contribution in [1.29, 1.82) is 0 Å². The van der Waals surface area contributed by atoms with Crippen molar-refractivity contribution >= 4 is 15.9 Å². The van der Waals surface area contributed by atoms with E-state index in [1.165, 1.54) is 0 Å². The molecule has 0 saturated heterocycles. The Labute approximate surface area is 85.2 Å². The lowest BCUT2D eigenvalue weighted by Crippen LogP contribution is -2.10. The van der Waals surface area contributed by atoms with Crippen molar-refractivity contribution in [2.45, 2.75) is 6.08 Å². The fourth-order valence-corrected chi connectivity index (χ4v) is 1.29. The molecule has 1 rings (SSSR count). The summed E-state index contributed by atoms with van der Waals surface area (Å²) < 4.78 is 7.73. The fourth-order valence-electron chi connectivity index (χ4n) is 0.868. The van der Waals surface area contributed by atoms with Crippen LogP contribution in [-0.2, 0) is 4.84 Å². The molecule has 1 aromatic carbocycles. The van der Waals surface area contributed by atoms with Gasteiger partial charge in [-0.05, 0) is 5.56 Å². The average Bonchev–Trinajstić information content (AvgIpc) is 2.18. The second-order valence-electron chi connectivity index (χ2n) is 2.24. The molecular weight excluding hydrogens is 238 g/mol. The van der Waals surface area contributed by atoms with E-state index in [0.29, 0.717) is 5.56 Å². The maximum atomic E-state index is 10.2. The molecule has 0 radical (unpaired) electrons. The molecule has 1 unspecified atom stereocenters. The van der Waals surface area contributed by atoms with Gasteiger partial charge in [0.25, 0.3) is 5.09 Å². The highest BCUT2D eigenvalue weighted by Crippen LogP contribution is 2.18. The van der Waals surface area contributed by atoms with Crippen molar-refractivity contribution in [1.82, 2.24) is 0 Å². The molecule has 0 saturated carbocycles. The van der Waals surface area contributed by atoms with Crippen LogP contribution in [0.15, 0.2) is 30.3 Å². The van der Waals surface area contributed by atoms with Crippen molar-refractivity contribution in [3.05, 3.63) is 46.0 Å². The summed E-state index contributed by atoms with van der Waals surface area (Å²) in [4.78, 5) is 14.5. The Morgan fingerprint density at radius 2 is 2.23 bits per heavy atom. The highest BCUT2D eigenvalue weighted by atomic mass is 79.9. The first-order valence-corrected chi connectivity index (χ1v) is 4.65. The van der Waals surface area contributed by atoms with E-state index in [1.54, 1.807) is 30.3 Å². The Balaban J connectivity index is 2.95. The molecule has 4 nitrogen and oxygen atoms in total. The van der Waals surface area contributed by atoms with Gasteiger partial charge in [0.15, 0.2) is 0 Å². The van der Waals surface area contributed by atoms with Crippen molar-refractivity contribution < 1.29 is 11.3 Å². The molecule has 1 atom stereocenters. The topological polar surface area (TPSA) is 52.4 Å². The predicted molar refractivity (Wildman–Crippen MR) is 51.1 cm³/mol. The van der Waals surface area contributed by atoms with Gasteiger partial charge in [-0.25, -0.2) is 0 Å². The van der Waals surface area contributed by atoms with E-state index < -0.39 is 11.2 Å². The van der Waals surface area contributed by atoms with Gasteiger partial charge in [-0.15, -0.1) is 10.1 Å². The quantitative estimate of drug-likeness (QED) is 0.466. The van der Waals surface area contributed by atoms with Crippen molar-refractivity contribution in [2.24, 2.45) is 0 Å². The smallest absolute Gasteiger partial charge is 0.295 e. The van der Waals surface area contributed by atoms with Crippen LogP contribution in [-0.4, -0.2) is 10.4 Å². The summed E-state index contributed by atoms with van der Waals surface area (Å²) in [5, 5.41) is 9.27. The van der Waals surface area contributed by atoms with Gasteiger partial charge in [-0.1, -0.05) is 46.3 Å². The Hall–Kier alpha value is -1.10. The zero-order valence-electron chi connectivity index (χ0n) is 7.64. The molecular formula is C8H8BrNO3. The van der Waals surface area contributed by atoms with E-state index in [2.05, 4.69) is 20.8 Å². The summed E-state index contributed by atoms with van der Waals surface area (Å²) >= 11 is 3.02. The largest absolute Gasteiger partial charge is 0.305 e. The Bertz CT molecular complexity index is 322. The highest BCUT2D eigenvalue weighted by molar-refractivity contribution is 9.09. The van der Waals surface area contributed by atoms with Crippen molar-refractivity contribution in [3.8, 4) is 0 Å². The van der Waals surface area contributed by atoms with E-state index in [-0.39, 0.29) is 5.33 Å². The van der Waals surface area contributed by atoms with Gasteiger partial charge in [0.05, 0.1) is 1.37 Å². The minimum atomic E-state index is -1.68. The van der Waals surface area contributed by atoms with Crippen LogP contribution in [0.25, 0.3) is 0 Å². The summed E-state index contributed by atoms with van der Waals surface area (Å²) in [6.45, 7) is 0.